The first-order valence-corrected chi connectivity index (χ1v) is 7.85. The van der Waals surface area contributed by atoms with Crippen LogP contribution in [0.15, 0.2) is 43.0 Å². The molecule has 0 radical (unpaired) electrons. The van der Waals surface area contributed by atoms with Gasteiger partial charge in [-0.05, 0) is 19.1 Å². The van der Waals surface area contributed by atoms with Gasteiger partial charge in [0.05, 0.1) is 6.61 Å². The van der Waals surface area contributed by atoms with E-state index in [0.717, 1.165) is 0 Å². The highest BCUT2D eigenvalue weighted by Crippen LogP contribution is 2.47. The molecule has 1 aromatic carbocycles. The summed E-state index contributed by atoms with van der Waals surface area (Å²) in [6, 6.07) is 8.75. The molecule has 0 saturated carbocycles. The van der Waals surface area contributed by atoms with E-state index in [2.05, 4.69) is 11.9 Å². The zero-order valence-corrected chi connectivity index (χ0v) is 11.5. The van der Waals surface area contributed by atoms with Gasteiger partial charge in [-0.2, -0.15) is 0 Å². The van der Waals surface area contributed by atoms with Gasteiger partial charge in [0.15, 0.2) is 0 Å². The van der Waals surface area contributed by atoms with Crippen molar-refractivity contribution in [3.05, 3.63) is 48.6 Å². The summed E-state index contributed by atoms with van der Waals surface area (Å²) in [6.45, 7) is 7.18. The van der Waals surface area contributed by atoms with Gasteiger partial charge in [-0.15, -0.1) is 6.58 Å². The van der Waals surface area contributed by atoms with E-state index in [-0.39, 0.29) is 5.91 Å². The monoisotopic (exact) mass is 267 g/mol. The van der Waals surface area contributed by atoms with E-state index in [1.165, 1.54) is 12.7 Å². The molecule has 0 aliphatic heterocycles. The van der Waals surface area contributed by atoms with Gasteiger partial charge >= 0.3 is 0 Å². The fourth-order valence-corrected chi connectivity index (χ4v) is 2.92. The first-order chi connectivity index (χ1) is 8.51. The quantitative estimate of drug-likeness (QED) is 0.637. The van der Waals surface area contributed by atoms with Crippen molar-refractivity contribution in [3.8, 4) is 0 Å². The smallest absolute Gasteiger partial charge is 0.252 e. The van der Waals surface area contributed by atoms with Gasteiger partial charge in [0.1, 0.15) is 5.78 Å². The van der Waals surface area contributed by atoms with Crippen LogP contribution in [0.2, 0.25) is 0 Å². The molecule has 0 aromatic heterocycles. The lowest BCUT2D eigenvalue weighted by Crippen LogP contribution is -2.33. The lowest BCUT2D eigenvalue weighted by atomic mass is 10.2. The molecule has 1 amide bonds. The normalized spacial score (nSPS) is 15.4. The van der Waals surface area contributed by atoms with E-state index in [0.29, 0.717) is 12.2 Å². The summed E-state index contributed by atoms with van der Waals surface area (Å²) in [6.07, 6.45) is 1.44. The van der Waals surface area contributed by atoms with Crippen LogP contribution in [-0.4, -0.2) is 25.0 Å². The predicted octanol–water partition coefficient (Wildman–Crippen LogP) is 2.87. The summed E-state index contributed by atoms with van der Waals surface area (Å²) in [5, 5.41) is 2.66. The number of hydrogen-bond acceptors (Lipinski definition) is 3. The Morgan fingerprint density at radius 1 is 1.50 bits per heavy atom. The topological polar surface area (TPSA) is 55.4 Å². The Kier molecular flexibility index (Phi) is 5.32. The minimum atomic E-state index is -2.93. The Bertz CT molecular complexity index is 459. The Morgan fingerprint density at radius 3 is 2.61 bits per heavy atom. The van der Waals surface area contributed by atoms with Gasteiger partial charge in [-0.25, -0.2) is 0 Å². The molecule has 0 aliphatic carbocycles. The van der Waals surface area contributed by atoms with Crippen LogP contribution in [0.3, 0.4) is 0 Å². The van der Waals surface area contributed by atoms with Crippen LogP contribution in [0.5, 0.6) is 0 Å². The molecule has 1 rings (SSSR count). The first kappa shape index (κ1) is 14.7. The maximum absolute atomic E-state index is 12.2. The molecule has 0 fully saturated rings. The lowest BCUT2D eigenvalue weighted by molar-refractivity contribution is 0.0950. The van der Waals surface area contributed by atoms with E-state index in [1.54, 1.807) is 31.2 Å². The summed E-state index contributed by atoms with van der Waals surface area (Å²) in [7, 11) is -2.93. The Hall–Kier alpha value is -1.38. The van der Waals surface area contributed by atoms with Gasteiger partial charge < -0.3 is 9.84 Å². The van der Waals surface area contributed by atoms with E-state index in [1.807, 2.05) is 6.07 Å². The third-order valence-corrected chi connectivity index (χ3v) is 4.55. The molecule has 18 heavy (non-hydrogen) atoms. The van der Waals surface area contributed by atoms with Crippen LogP contribution in [0, 0.1) is 0 Å². The summed E-state index contributed by atoms with van der Waals surface area (Å²) < 4.78 is 17.4. The second kappa shape index (κ2) is 6.53. The third kappa shape index (κ3) is 3.83. The summed E-state index contributed by atoms with van der Waals surface area (Å²) in [5.74, 6) is -0.965. The van der Waals surface area contributed by atoms with E-state index < -0.39 is 13.2 Å². The molecule has 1 N–H and O–H groups in total. The van der Waals surface area contributed by atoms with Gasteiger partial charge in [0.25, 0.3) is 5.91 Å². The van der Waals surface area contributed by atoms with Gasteiger partial charge in [0, 0.05) is 12.2 Å². The highest BCUT2D eigenvalue weighted by Gasteiger charge is 2.27. The molecule has 0 bridgehead atoms. The zero-order chi connectivity index (χ0) is 13.6. The summed E-state index contributed by atoms with van der Waals surface area (Å²) in [4.78, 5) is 11.9. The van der Waals surface area contributed by atoms with Gasteiger partial charge in [-0.3, -0.25) is 9.36 Å². The van der Waals surface area contributed by atoms with E-state index in [9.17, 15) is 9.36 Å². The molecule has 1 aromatic rings. The molecule has 98 valence electrons. The van der Waals surface area contributed by atoms with Crippen LogP contribution in [0.4, 0.5) is 0 Å². The maximum Gasteiger partial charge on any atom is 0.252 e. The van der Waals surface area contributed by atoms with Crippen molar-refractivity contribution in [1.82, 2.24) is 5.32 Å². The molecule has 2 atom stereocenters. The molecule has 2 unspecified atom stereocenters. The number of amides is 1. The highest BCUT2D eigenvalue weighted by molar-refractivity contribution is 7.59. The van der Waals surface area contributed by atoms with Crippen molar-refractivity contribution in [2.45, 2.75) is 12.7 Å². The zero-order valence-electron chi connectivity index (χ0n) is 10.6. The SMILES string of the molecule is C=CC(NC(=O)c1ccccc1)P(C)(=O)OCC. The molecule has 0 heterocycles. The summed E-state index contributed by atoms with van der Waals surface area (Å²) >= 11 is 0. The predicted molar refractivity (Wildman–Crippen MR) is 73.0 cm³/mol. The van der Waals surface area contributed by atoms with Crippen molar-refractivity contribution in [3.63, 3.8) is 0 Å². The van der Waals surface area contributed by atoms with Gasteiger partial charge in [0.2, 0.25) is 7.37 Å². The Labute approximate surface area is 107 Å². The molecule has 0 aliphatic rings. The minimum Gasteiger partial charge on any atom is -0.337 e. The fourth-order valence-electron chi connectivity index (χ4n) is 1.51. The second-order valence-corrected chi connectivity index (χ2v) is 6.48. The van der Waals surface area contributed by atoms with Gasteiger partial charge in [-0.1, -0.05) is 24.3 Å². The van der Waals surface area contributed by atoms with Crippen LogP contribution in [-0.2, 0) is 9.09 Å². The number of benzene rings is 1. The Balaban J connectivity index is 2.79. The van der Waals surface area contributed by atoms with Crippen LogP contribution in [0.25, 0.3) is 0 Å². The van der Waals surface area contributed by atoms with Crippen molar-refractivity contribution in [1.29, 1.82) is 0 Å². The van der Waals surface area contributed by atoms with Crippen molar-refractivity contribution in [2.75, 3.05) is 13.3 Å². The number of hydrogen-bond donors (Lipinski definition) is 1. The largest absolute Gasteiger partial charge is 0.337 e. The molecular weight excluding hydrogens is 249 g/mol. The third-order valence-electron chi connectivity index (χ3n) is 2.43. The molecular formula is C13H18NO3P. The molecule has 0 saturated heterocycles. The maximum atomic E-state index is 12.2. The number of rotatable bonds is 6. The fraction of sp³-hybridized carbons (Fsp3) is 0.308. The highest BCUT2D eigenvalue weighted by atomic mass is 31.2. The van der Waals surface area contributed by atoms with Crippen LogP contribution >= 0.6 is 7.37 Å². The lowest BCUT2D eigenvalue weighted by Gasteiger charge is -2.22. The van der Waals surface area contributed by atoms with Crippen LogP contribution in [0.1, 0.15) is 17.3 Å². The van der Waals surface area contributed by atoms with Crippen molar-refractivity contribution in [2.24, 2.45) is 0 Å². The Morgan fingerprint density at radius 2 is 2.11 bits per heavy atom. The molecule has 0 spiro atoms. The number of carbonyl (C=O) groups excluding carboxylic acids is 1. The average Bonchev–Trinajstić information content (AvgIpc) is 2.36. The first-order valence-electron chi connectivity index (χ1n) is 5.71. The van der Waals surface area contributed by atoms with Crippen molar-refractivity contribution >= 4 is 13.3 Å². The summed E-state index contributed by atoms with van der Waals surface area (Å²) in [5.41, 5.74) is 0.515. The van der Waals surface area contributed by atoms with E-state index in [4.69, 9.17) is 4.52 Å². The van der Waals surface area contributed by atoms with E-state index >= 15 is 0 Å². The van der Waals surface area contributed by atoms with Crippen LogP contribution < -0.4 is 5.32 Å². The number of carbonyl (C=O) groups is 1. The minimum absolute atomic E-state index is 0.290. The average molecular weight is 267 g/mol. The standard InChI is InChI=1S/C13H18NO3P/c1-4-12(18(3,16)17-5-2)14-13(15)11-9-7-6-8-10-11/h4,6-10,12H,1,5H2,2-3H3,(H,14,15). The second-order valence-electron chi connectivity index (χ2n) is 3.85. The van der Waals surface area contributed by atoms with Crippen molar-refractivity contribution < 1.29 is 13.9 Å². The number of nitrogens with one attached hydrogen (secondary N) is 1. The molecule has 4 nitrogen and oxygen atoms in total. The molecule has 5 heteroatoms.